The van der Waals surface area contributed by atoms with Gasteiger partial charge in [-0.05, 0) is 42.2 Å². The molecule has 1 atom stereocenters. The number of aliphatic hydroxyl groups is 2. The predicted molar refractivity (Wildman–Crippen MR) is 85.2 cm³/mol. The maximum atomic E-state index is 9.68. The summed E-state index contributed by atoms with van der Waals surface area (Å²) < 4.78 is 10.7. The number of benzene rings is 2. The van der Waals surface area contributed by atoms with E-state index >= 15 is 0 Å². The van der Waals surface area contributed by atoms with Crippen molar-refractivity contribution in [3.05, 3.63) is 59.7 Å². The van der Waals surface area contributed by atoms with Crippen molar-refractivity contribution in [1.29, 1.82) is 0 Å². The average Bonchev–Trinajstić information content (AvgIpc) is 2.54. The van der Waals surface area contributed by atoms with E-state index in [1.165, 1.54) is 5.56 Å². The molecule has 0 aliphatic heterocycles. The Hall–Kier alpha value is -2.04. The predicted octanol–water partition coefficient (Wildman–Crippen LogP) is 2.56. The molecule has 4 heteroatoms. The standard InChI is InChI=1S/C18H22O4/c1-21-16-7-4-5-14(13-16)9-10-15-6-2-3-8-17(15)22-18(20)11-12-19/h2-8,13,18-20H,9-12H2,1H3/t18-/m1/s1. The fourth-order valence-electron chi connectivity index (χ4n) is 2.25. The first kappa shape index (κ1) is 16.3. The summed E-state index contributed by atoms with van der Waals surface area (Å²) in [6.45, 7) is -0.104. The number of ether oxygens (including phenoxy) is 2. The highest BCUT2D eigenvalue weighted by molar-refractivity contribution is 5.35. The maximum Gasteiger partial charge on any atom is 0.199 e. The SMILES string of the molecule is COc1cccc(CCc2ccccc2O[C@@H](O)CCO)c1. The van der Waals surface area contributed by atoms with Crippen molar-refractivity contribution >= 4 is 0 Å². The summed E-state index contributed by atoms with van der Waals surface area (Å²) in [5.41, 5.74) is 2.22. The zero-order chi connectivity index (χ0) is 15.8. The molecule has 0 aromatic heterocycles. The van der Waals surface area contributed by atoms with Crippen molar-refractivity contribution in [3.8, 4) is 11.5 Å². The second-order valence-corrected chi connectivity index (χ2v) is 5.04. The molecule has 0 aliphatic rings. The van der Waals surface area contributed by atoms with Gasteiger partial charge in [0.05, 0.1) is 7.11 Å². The summed E-state index contributed by atoms with van der Waals surface area (Å²) in [6.07, 6.45) is 0.871. The van der Waals surface area contributed by atoms with Crippen LogP contribution in [0, 0.1) is 0 Å². The van der Waals surface area contributed by atoms with Crippen LogP contribution in [0.3, 0.4) is 0 Å². The van der Waals surface area contributed by atoms with E-state index in [0.29, 0.717) is 5.75 Å². The van der Waals surface area contributed by atoms with E-state index in [1.807, 2.05) is 42.5 Å². The van der Waals surface area contributed by atoms with E-state index in [2.05, 4.69) is 6.07 Å². The molecule has 22 heavy (non-hydrogen) atoms. The van der Waals surface area contributed by atoms with Gasteiger partial charge in [0.2, 0.25) is 0 Å². The molecule has 0 unspecified atom stereocenters. The lowest BCUT2D eigenvalue weighted by molar-refractivity contribution is -0.0332. The van der Waals surface area contributed by atoms with E-state index in [0.717, 1.165) is 24.2 Å². The minimum absolute atomic E-state index is 0.104. The lowest BCUT2D eigenvalue weighted by Gasteiger charge is -2.15. The first-order valence-electron chi connectivity index (χ1n) is 7.39. The molecule has 0 heterocycles. The van der Waals surface area contributed by atoms with E-state index in [9.17, 15) is 5.11 Å². The maximum absolute atomic E-state index is 9.68. The van der Waals surface area contributed by atoms with Gasteiger partial charge in [0.1, 0.15) is 11.5 Å². The molecule has 2 rings (SSSR count). The van der Waals surface area contributed by atoms with Gasteiger partial charge in [-0.15, -0.1) is 0 Å². The van der Waals surface area contributed by atoms with Crippen LogP contribution in [0.25, 0.3) is 0 Å². The normalized spacial score (nSPS) is 12.0. The Morgan fingerprint density at radius 3 is 2.64 bits per heavy atom. The second kappa shape index (κ2) is 8.41. The molecule has 0 saturated heterocycles. The van der Waals surface area contributed by atoms with Gasteiger partial charge in [0.25, 0.3) is 0 Å². The van der Waals surface area contributed by atoms with Crippen LogP contribution in [0.15, 0.2) is 48.5 Å². The van der Waals surface area contributed by atoms with Crippen molar-refractivity contribution in [2.75, 3.05) is 13.7 Å². The molecule has 2 aromatic carbocycles. The summed E-state index contributed by atoms with van der Waals surface area (Å²) in [6, 6.07) is 15.6. The quantitative estimate of drug-likeness (QED) is 0.736. The van der Waals surface area contributed by atoms with Crippen molar-refractivity contribution in [1.82, 2.24) is 0 Å². The van der Waals surface area contributed by atoms with Gasteiger partial charge in [-0.2, -0.15) is 0 Å². The molecule has 0 aliphatic carbocycles. The summed E-state index contributed by atoms with van der Waals surface area (Å²) in [5, 5.41) is 18.5. The van der Waals surface area contributed by atoms with Crippen molar-refractivity contribution in [2.24, 2.45) is 0 Å². The Morgan fingerprint density at radius 2 is 1.86 bits per heavy atom. The Morgan fingerprint density at radius 1 is 1.05 bits per heavy atom. The summed E-state index contributed by atoms with van der Waals surface area (Å²) in [7, 11) is 1.66. The van der Waals surface area contributed by atoms with Crippen LogP contribution in [-0.2, 0) is 12.8 Å². The van der Waals surface area contributed by atoms with Crippen molar-refractivity contribution in [3.63, 3.8) is 0 Å². The van der Waals surface area contributed by atoms with Crippen molar-refractivity contribution in [2.45, 2.75) is 25.6 Å². The van der Waals surface area contributed by atoms with Crippen LogP contribution in [0.1, 0.15) is 17.5 Å². The highest BCUT2D eigenvalue weighted by atomic mass is 16.6. The van der Waals surface area contributed by atoms with Gasteiger partial charge < -0.3 is 19.7 Å². The van der Waals surface area contributed by atoms with Crippen LogP contribution in [0.4, 0.5) is 0 Å². The second-order valence-electron chi connectivity index (χ2n) is 5.04. The van der Waals surface area contributed by atoms with E-state index in [-0.39, 0.29) is 13.0 Å². The number of aryl methyl sites for hydroxylation is 2. The smallest absolute Gasteiger partial charge is 0.199 e. The van der Waals surface area contributed by atoms with Crippen LogP contribution in [0.2, 0.25) is 0 Å². The molecule has 118 valence electrons. The molecule has 2 N–H and O–H groups in total. The highest BCUT2D eigenvalue weighted by Crippen LogP contribution is 2.22. The molecular formula is C18H22O4. The van der Waals surface area contributed by atoms with Gasteiger partial charge in [0.15, 0.2) is 6.29 Å². The monoisotopic (exact) mass is 302 g/mol. The first-order chi connectivity index (χ1) is 10.7. The lowest BCUT2D eigenvalue weighted by atomic mass is 10.0. The van der Waals surface area contributed by atoms with E-state index in [1.54, 1.807) is 7.11 Å². The minimum Gasteiger partial charge on any atom is -0.497 e. The molecule has 0 amide bonds. The molecule has 0 spiro atoms. The van der Waals surface area contributed by atoms with Gasteiger partial charge in [-0.1, -0.05) is 30.3 Å². The number of hydrogen-bond acceptors (Lipinski definition) is 4. The van der Waals surface area contributed by atoms with Crippen molar-refractivity contribution < 1.29 is 19.7 Å². The molecule has 0 fully saturated rings. The zero-order valence-corrected chi connectivity index (χ0v) is 12.7. The molecule has 4 nitrogen and oxygen atoms in total. The van der Waals surface area contributed by atoms with Gasteiger partial charge in [-0.25, -0.2) is 0 Å². The first-order valence-corrected chi connectivity index (χ1v) is 7.39. The Labute approximate surface area is 130 Å². The Balaban J connectivity index is 2.02. The summed E-state index contributed by atoms with van der Waals surface area (Å²) in [5.74, 6) is 1.51. The van der Waals surface area contributed by atoms with E-state index < -0.39 is 6.29 Å². The third-order valence-electron chi connectivity index (χ3n) is 3.43. The highest BCUT2D eigenvalue weighted by Gasteiger charge is 2.09. The summed E-state index contributed by atoms with van der Waals surface area (Å²) >= 11 is 0. The molecule has 0 radical (unpaired) electrons. The van der Waals surface area contributed by atoms with Gasteiger partial charge in [0, 0.05) is 13.0 Å². The van der Waals surface area contributed by atoms with Crippen LogP contribution < -0.4 is 9.47 Å². The Kier molecular flexibility index (Phi) is 6.25. The largest absolute Gasteiger partial charge is 0.497 e. The van der Waals surface area contributed by atoms with Gasteiger partial charge >= 0.3 is 0 Å². The number of para-hydroxylation sites is 1. The molecular weight excluding hydrogens is 280 g/mol. The lowest BCUT2D eigenvalue weighted by Crippen LogP contribution is -2.17. The molecule has 0 saturated carbocycles. The minimum atomic E-state index is -0.983. The fraction of sp³-hybridized carbons (Fsp3) is 0.333. The number of rotatable bonds is 8. The van der Waals surface area contributed by atoms with Crippen LogP contribution in [0.5, 0.6) is 11.5 Å². The fourth-order valence-corrected chi connectivity index (χ4v) is 2.25. The molecule has 2 aromatic rings. The molecule has 0 bridgehead atoms. The third kappa shape index (κ3) is 4.76. The third-order valence-corrected chi connectivity index (χ3v) is 3.43. The Bertz CT molecular complexity index is 583. The topological polar surface area (TPSA) is 58.9 Å². The van der Waals surface area contributed by atoms with Crippen LogP contribution in [-0.4, -0.2) is 30.2 Å². The number of hydrogen-bond donors (Lipinski definition) is 2. The average molecular weight is 302 g/mol. The van der Waals surface area contributed by atoms with E-state index in [4.69, 9.17) is 14.6 Å². The number of aliphatic hydroxyl groups excluding tert-OH is 2. The van der Waals surface area contributed by atoms with Crippen LogP contribution >= 0.6 is 0 Å². The zero-order valence-electron chi connectivity index (χ0n) is 12.7. The summed E-state index contributed by atoms with van der Waals surface area (Å²) in [4.78, 5) is 0. The van der Waals surface area contributed by atoms with Gasteiger partial charge in [-0.3, -0.25) is 0 Å². The number of methoxy groups -OCH3 is 1.